The molecule has 17 heavy (non-hydrogen) atoms. The second-order valence-electron chi connectivity index (χ2n) is 4.03. The van der Waals surface area contributed by atoms with E-state index in [1.54, 1.807) is 6.20 Å². The van der Waals surface area contributed by atoms with Gasteiger partial charge in [0.1, 0.15) is 0 Å². The van der Waals surface area contributed by atoms with Gasteiger partial charge in [0.15, 0.2) is 0 Å². The predicted octanol–water partition coefficient (Wildman–Crippen LogP) is 2.56. The van der Waals surface area contributed by atoms with E-state index in [1.165, 1.54) is 0 Å². The Labute approximate surface area is 101 Å². The maximum atomic E-state index is 8.13. The molecule has 0 aliphatic carbocycles. The van der Waals surface area contributed by atoms with Crippen molar-refractivity contribution in [1.29, 1.82) is 5.41 Å². The summed E-state index contributed by atoms with van der Waals surface area (Å²) < 4.78 is 0. The van der Waals surface area contributed by atoms with E-state index in [4.69, 9.17) is 5.41 Å². The lowest BCUT2D eigenvalue weighted by Gasteiger charge is -2.13. The van der Waals surface area contributed by atoms with E-state index in [0.717, 1.165) is 11.3 Å². The molecule has 3 heteroatoms. The number of anilines is 1. The van der Waals surface area contributed by atoms with Crippen LogP contribution in [0.2, 0.25) is 0 Å². The molecule has 0 spiro atoms. The third-order valence-electron chi connectivity index (χ3n) is 2.58. The van der Waals surface area contributed by atoms with Crippen LogP contribution in [0.25, 0.3) is 0 Å². The third-order valence-corrected chi connectivity index (χ3v) is 2.58. The first-order chi connectivity index (χ1) is 8.18. The minimum atomic E-state index is 0.453. The molecule has 0 saturated carbocycles. The summed E-state index contributed by atoms with van der Waals surface area (Å²) in [5.74, 6) is 0. The van der Waals surface area contributed by atoms with Crippen molar-refractivity contribution in [3.63, 3.8) is 0 Å². The minimum absolute atomic E-state index is 0.453. The zero-order chi connectivity index (χ0) is 12.3. The molecule has 0 aliphatic rings. The fourth-order valence-electron chi connectivity index (χ4n) is 1.59. The van der Waals surface area contributed by atoms with Crippen molar-refractivity contribution in [1.82, 2.24) is 4.98 Å². The first-order valence-corrected chi connectivity index (χ1v) is 5.46. The summed E-state index contributed by atoms with van der Waals surface area (Å²) in [6.45, 7) is 0. The topological polar surface area (TPSA) is 40.0 Å². The van der Waals surface area contributed by atoms with Crippen LogP contribution in [0.15, 0.2) is 48.7 Å². The molecule has 0 amide bonds. The molecule has 0 bridgehead atoms. The zero-order valence-corrected chi connectivity index (χ0v) is 10.0. The number of aromatic nitrogens is 1. The van der Waals surface area contributed by atoms with Crippen LogP contribution >= 0.6 is 0 Å². The molecule has 0 fully saturated rings. The Morgan fingerprint density at radius 1 is 1.12 bits per heavy atom. The number of hydrogen-bond donors (Lipinski definition) is 1. The van der Waals surface area contributed by atoms with E-state index in [1.807, 2.05) is 61.5 Å². The lowest BCUT2D eigenvalue weighted by molar-refractivity contribution is 1.11. The molecule has 1 heterocycles. The molecule has 0 saturated heterocycles. The Bertz CT molecular complexity index is 518. The van der Waals surface area contributed by atoms with Crippen molar-refractivity contribution in [2.24, 2.45) is 0 Å². The van der Waals surface area contributed by atoms with E-state index in [9.17, 15) is 0 Å². The quantitative estimate of drug-likeness (QED) is 0.815. The zero-order valence-electron chi connectivity index (χ0n) is 10.0. The van der Waals surface area contributed by atoms with E-state index in [-0.39, 0.29) is 0 Å². The van der Waals surface area contributed by atoms with Crippen LogP contribution < -0.4 is 4.90 Å². The molecule has 2 rings (SSSR count). The Kier molecular flexibility index (Phi) is 3.19. The SMILES string of the molecule is CN(C)c1ccnc(C(=N)c2ccccc2)c1. The van der Waals surface area contributed by atoms with Crippen molar-refractivity contribution in [2.45, 2.75) is 0 Å². The molecule has 0 radical (unpaired) electrons. The molecular formula is C14H15N3. The Hall–Kier alpha value is -2.16. The Morgan fingerprint density at radius 3 is 2.47 bits per heavy atom. The van der Waals surface area contributed by atoms with Gasteiger partial charge in [-0.1, -0.05) is 30.3 Å². The number of hydrogen-bond acceptors (Lipinski definition) is 3. The van der Waals surface area contributed by atoms with Gasteiger partial charge in [-0.3, -0.25) is 10.4 Å². The lowest BCUT2D eigenvalue weighted by Crippen LogP contribution is -2.11. The Morgan fingerprint density at radius 2 is 1.82 bits per heavy atom. The van der Waals surface area contributed by atoms with Crippen LogP contribution in [-0.2, 0) is 0 Å². The Balaban J connectivity index is 2.35. The van der Waals surface area contributed by atoms with Crippen LogP contribution in [0.4, 0.5) is 5.69 Å². The van der Waals surface area contributed by atoms with Gasteiger partial charge in [-0.15, -0.1) is 0 Å². The highest BCUT2D eigenvalue weighted by Gasteiger charge is 2.06. The first kappa shape index (κ1) is 11.3. The molecule has 3 nitrogen and oxygen atoms in total. The molecule has 2 aromatic rings. The number of pyridine rings is 1. The fraction of sp³-hybridized carbons (Fsp3) is 0.143. The van der Waals surface area contributed by atoms with E-state index in [0.29, 0.717) is 11.4 Å². The molecular weight excluding hydrogens is 210 g/mol. The summed E-state index contributed by atoms with van der Waals surface area (Å²) in [4.78, 5) is 6.25. The van der Waals surface area contributed by atoms with Crippen molar-refractivity contribution >= 4 is 11.4 Å². The summed E-state index contributed by atoms with van der Waals surface area (Å²) in [5, 5.41) is 8.13. The summed E-state index contributed by atoms with van der Waals surface area (Å²) in [6, 6.07) is 13.5. The average molecular weight is 225 g/mol. The van der Waals surface area contributed by atoms with Crippen LogP contribution in [0.1, 0.15) is 11.3 Å². The monoisotopic (exact) mass is 225 g/mol. The van der Waals surface area contributed by atoms with Crippen molar-refractivity contribution < 1.29 is 0 Å². The van der Waals surface area contributed by atoms with Gasteiger partial charge < -0.3 is 4.90 Å². The number of benzene rings is 1. The van der Waals surface area contributed by atoms with Crippen LogP contribution in [0.5, 0.6) is 0 Å². The summed E-state index contributed by atoms with van der Waals surface area (Å²) in [5.41, 5.74) is 3.09. The van der Waals surface area contributed by atoms with Gasteiger partial charge in [0.05, 0.1) is 11.4 Å². The highest BCUT2D eigenvalue weighted by atomic mass is 15.1. The second-order valence-corrected chi connectivity index (χ2v) is 4.03. The van der Waals surface area contributed by atoms with Crippen LogP contribution in [0.3, 0.4) is 0 Å². The smallest absolute Gasteiger partial charge is 0.0905 e. The van der Waals surface area contributed by atoms with Crippen LogP contribution in [-0.4, -0.2) is 24.8 Å². The van der Waals surface area contributed by atoms with Gasteiger partial charge in [0.25, 0.3) is 0 Å². The first-order valence-electron chi connectivity index (χ1n) is 5.46. The van der Waals surface area contributed by atoms with Gasteiger partial charge in [0, 0.05) is 31.5 Å². The van der Waals surface area contributed by atoms with Gasteiger partial charge in [0.2, 0.25) is 0 Å². The maximum Gasteiger partial charge on any atom is 0.0905 e. The van der Waals surface area contributed by atoms with Crippen molar-refractivity contribution in [2.75, 3.05) is 19.0 Å². The predicted molar refractivity (Wildman–Crippen MR) is 70.9 cm³/mol. The average Bonchev–Trinajstić information content (AvgIpc) is 2.39. The van der Waals surface area contributed by atoms with Gasteiger partial charge in [-0.2, -0.15) is 0 Å². The highest BCUT2D eigenvalue weighted by molar-refractivity contribution is 6.09. The van der Waals surface area contributed by atoms with Gasteiger partial charge >= 0.3 is 0 Å². The van der Waals surface area contributed by atoms with Gasteiger partial charge in [-0.05, 0) is 12.1 Å². The third kappa shape index (κ3) is 2.50. The highest BCUT2D eigenvalue weighted by Crippen LogP contribution is 2.14. The molecule has 1 aromatic carbocycles. The maximum absolute atomic E-state index is 8.13. The minimum Gasteiger partial charge on any atom is -0.378 e. The summed E-state index contributed by atoms with van der Waals surface area (Å²) >= 11 is 0. The number of nitrogens with zero attached hydrogens (tertiary/aromatic N) is 2. The van der Waals surface area contributed by atoms with E-state index < -0.39 is 0 Å². The number of rotatable bonds is 3. The van der Waals surface area contributed by atoms with Gasteiger partial charge in [-0.25, -0.2) is 0 Å². The number of nitrogens with one attached hydrogen (secondary N) is 1. The van der Waals surface area contributed by atoms with Crippen molar-refractivity contribution in [3.05, 3.63) is 59.9 Å². The summed E-state index contributed by atoms with van der Waals surface area (Å²) in [6.07, 6.45) is 1.74. The largest absolute Gasteiger partial charge is 0.378 e. The standard InChI is InChI=1S/C14H15N3/c1-17(2)12-8-9-16-13(10-12)14(15)11-6-4-3-5-7-11/h3-10,15H,1-2H3. The molecule has 0 aliphatic heterocycles. The molecule has 0 atom stereocenters. The van der Waals surface area contributed by atoms with E-state index >= 15 is 0 Å². The molecule has 86 valence electrons. The molecule has 0 unspecified atom stereocenters. The lowest BCUT2D eigenvalue weighted by atomic mass is 10.1. The summed E-state index contributed by atoms with van der Waals surface area (Å²) in [7, 11) is 3.95. The van der Waals surface area contributed by atoms with Crippen LogP contribution in [0, 0.1) is 5.41 Å². The molecule has 1 N–H and O–H groups in total. The van der Waals surface area contributed by atoms with Crippen molar-refractivity contribution in [3.8, 4) is 0 Å². The second kappa shape index (κ2) is 4.78. The normalized spacial score (nSPS) is 10.0. The van der Waals surface area contributed by atoms with E-state index in [2.05, 4.69) is 4.98 Å². The molecule has 1 aromatic heterocycles. The fourth-order valence-corrected chi connectivity index (χ4v) is 1.59.